The van der Waals surface area contributed by atoms with Gasteiger partial charge in [0.05, 0.1) is 0 Å². The van der Waals surface area contributed by atoms with Crippen LogP contribution in [0.25, 0.3) is 0 Å². The maximum atomic E-state index is 13.3. The molecule has 1 amide bonds. The normalized spacial score (nSPS) is 10.3. The van der Waals surface area contributed by atoms with Crippen molar-refractivity contribution in [2.75, 3.05) is 5.32 Å². The molecule has 6 heteroatoms. The molecule has 0 saturated heterocycles. The van der Waals surface area contributed by atoms with Crippen LogP contribution in [0.15, 0.2) is 36.4 Å². The number of benzene rings is 2. The van der Waals surface area contributed by atoms with E-state index in [4.69, 9.17) is 0 Å². The van der Waals surface area contributed by atoms with Crippen molar-refractivity contribution < 1.29 is 22.4 Å². The number of rotatable bonds is 2. The molecule has 0 radical (unpaired) electrons. The first-order valence-electron chi connectivity index (χ1n) is 5.19. The molecule has 0 heterocycles. The van der Waals surface area contributed by atoms with E-state index in [9.17, 15) is 22.4 Å². The number of para-hydroxylation sites is 1. The van der Waals surface area contributed by atoms with Gasteiger partial charge in [-0.2, -0.15) is 0 Å². The highest BCUT2D eigenvalue weighted by atomic mass is 19.1. The Balaban J connectivity index is 2.31. The lowest BCUT2D eigenvalue weighted by Crippen LogP contribution is -2.14. The quantitative estimate of drug-likeness (QED) is 0.831. The fourth-order valence-corrected chi connectivity index (χ4v) is 1.49. The molecule has 0 aliphatic heterocycles. The SMILES string of the molecule is O=C(Nc1c(F)cccc1F)c1cc(F)cc(F)c1. The van der Waals surface area contributed by atoms with E-state index in [-0.39, 0.29) is 5.56 Å². The number of nitrogens with one attached hydrogen (secondary N) is 1. The van der Waals surface area contributed by atoms with Crippen LogP contribution in [0, 0.1) is 23.3 Å². The zero-order chi connectivity index (χ0) is 14.0. The number of carbonyl (C=O) groups is 1. The summed E-state index contributed by atoms with van der Waals surface area (Å²) in [6.45, 7) is 0. The summed E-state index contributed by atoms with van der Waals surface area (Å²) in [5.41, 5.74) is -1.04. The Bertz CT molecular complexity index is 602. The average Bonchev–Trinajstić information content (AvgIpc) is 2.32. The number of hydrogen-bond acceptors (Lipinski definition) is 1. The van der Waals surface area contributed by atoms with Crippen LogP contribution in [0.4, 0.5) is 23.2 Å². The highest BCUT2D eigenvalue weighted by Gasteiger charge is 2.14. The average molecular weight is 269 g/mol. The van der Waals surface area contributed by atoms with E-state index in [2.05, 4.69) is 0 Å². The summed E-state index contributed by atoms with van der Waals surface area (Å²) in [5.74, 6) is -4.89. The first-order chi connectivity index (χ1) is 8.97. The van der Waals surface area contributed by atoms with E-state index in [1.807, 2.05) is 5.32 Å². The molecule has 0 aliphatic carbocycles. The molecule has 0 saturated carbocycles. The molecular weight excluding hydrogens is 262 g/mol. The van der Waals surface area contributed by atoms with Crippen molar-refractivity contribution in [2.24, 2.45) is 0 Å². The van der Waals surface area contributed by atoms with Gasteiger partial charge in [0.2, 0.25) is 0 Å². The summed E-state index contributed by atoms with van der Waals surface area (Å²) < 4.78 is 52.4. The predicted octanol–water partition coefficient (Wildman–Crippen LogP) is 3.50. The third-order valence-corrected chi connectivity index (χ3v) is 2.33. The van der Waals surface area contributed by atoms with Crippen molar-refractivity contribution in [3.8, 4) is 0 Å². The molecule has 0 aliphatic rings. The zero-order valence-electron chi connectivity index (χ0n) is 9.38. The number of amides is 1. The van der Waals surface area contributed by atoms with Crippen LogP contribution in [-0.2, 0) is 0 Å². The van der Waals surface area contributed by atoms with E-state index in [1.165, 1.54) is 0 Å². The van der Waals surface area contributed by atoms with E-state index in [1.54, 1.807) is 0 Å². The molecule has 0 bridgehead atoms. The van der Waals surface area contributed by atoms with Gasteiger partial charge in [-0.05, 0) is 24.3 Å². The van der Waals surface area contributed by atoms with Crippen molar-refractivity contribution in [3.05, 3.63) is 65.2 Å². The van der Waals surface area contributed by atoms with Crippen molar-refractivity contribution in [1.29, 1.82) is 0 Å². The molecule has 2 nitrogen and oxygen atoms in total. The van der Waals surface area contributed by atoms with Gasteiger partial charge in [0, 0.05) is 11.6 Å². The predicted molar refractivity (Wildman–Crippen MR) is 60.7 cm³/mol. The summed E-state index contributed by atoms with van der Waals surface area (Å²) in [7, 11) is 0. The molecule has 0 unspecified atom stereocenters. The van der Waals surface area contributed by atoms with Crippen LogP contribution in [-0.4, -0.2) is 5.91 Å². The van der Waals surface area contributed by atoms with Gasteiger partial charge in [-0.25, -0.2) is 17.6 Å². The maximum absolute atomic E-state index is 13.3. The molecule has 1 N–H and O–H groups in total. The molecular formula is C13H7F4NO. The second kappa shape index (κ2) is 5.09. The van der Waals surface area contributed by atoms with Gasteiger partial charge in [-0.3, -0.25) is 4.79 Å². The highest BCUT2D eigenvalue weighted by molar-refractivity contribution is 6.04. The van der Waals surface area contributed by atoms with Crippen molar-refractivity contribution >= 4 is 11.6 Å². The van der Waals surface area contributed by atoms with E-state index in [0.29, 0.717) is 6.07 Å². The van der Waals surface area contributed by atoms with Crippen molar-refractivity contribution in [3.63, 3.8) is 0 Å². The molecule has 19 heavy (non-hydrogen) atoms. The van der Waals surface area contributed by atoms with Crippen molar-refractivity contribution in [2.45, 2.75) is 0 Å². The summed E-state index contributed by atoms with van der Waals surface area (Å²) in [4.78, 5) is 11.6. The number of carbonyl (C=O) groups excluding carboxylic acids is 1. The summed E-state index contributed by atoms with van der Waals surface area (Å²) in [5, 5.41) is 1.93. The van der Waals surface area contributed by atoms with Gasteiger partial charge < -0.3 is 5.32 Å². The Kier molecular flexibility index (Phi) is 3.50. The fraction of sp³-hybridized carbons (Fsp3) is 0. The third-order valence-electron chi connectivity index (χ3n) is 2.33. The van der Waals surface area contributed by atoms with Gasteiger partial charge in [0.15, 0.2) is 0 Å². The van der Waals surface area contributed by atoms with Crippen LogP contribution >= 0.6 is 0 Å². The largest absolute Gasteiger partial charge is 0.317 e. The van der Waals surface area contributed by atoms with Crippen LogP contribution in [0.5, 0.6) is 0 Å². The molecule has 2 aromatic carbocycles. The molecule has 0 atom stereocenters. The number of anilines is 1. The third kappa shape index (κ3) is 2.90. The minimum Gasteiger partial charge on any atom is -0.317 e. The Labute approximate surface area is 105 Å². The Morgan fingerprint density at radius 3 is 1.95 bits per heavy atom. The van der Waals surface area contributed by atoms with Gasteiger partial charge in [0.1, 0.15) is 29.0 Å². The van der Waals surface area contributed by atoms with Gasteiger partial charge in [-0.15, -0.1) is 0 Å². The molecule has 2 rings (SSSR count). The zero-order valence-corrected chi connectivity index (χ0v) is 9.38. The Morgan fingerprint density at radius 2 is 1.42 bits per heavy atom. The lowest BCUT2D eigenvalue weighted by molar-refractivity contribution is 0.102. The Morgan fingerprint density at radius 1 is 0.895 bits per heavy atom. The minimum absolute atomic E-state index is 0.375. The van der Waals surface area contributed by atoms with E-state index in [0.717, 1.165) is 30.3 Å². The van der Waals surface area contributed by atoms with Gasteiger partial charge in [0.25, 0.3) is 5.91 Å². The molecule has 98 valence electrons. The summed E-state index contributed by atoms with van der Waals surface area (Å²) >= 11 is 0. The van der Waals surface area contributed by atoms with Crippen LogP contribution in [0.2, 0.25) is 0 Å². The molecule has 0 fully saturated rings. The standard InChI is InChI=1S/C13H7F4NO/c14-8-4-7(5-9(15)6-8)13(19)18-12-10(16)2-1-3-11(12)17/h1-6H,(H,18,19). The van der Waals surface area contributed by atoms with Crippen LogP contribution in [0.1, 0.15) is 10.4 Å². The van der Waals surface area contributed by atoms with E-state index >= 15 is 0 Å². The first-order valence-corrected chi connectivity index (χ1v) is 5.19. The first kappa shape index (κ1) is 13.1. The number of hydrogen-bond donors (Lipinski definition) is 1. The highest BCUT2D eigenvalue weighted by Crippen LogP contribution is 2.19. The maximum Gasteiger partial charge on any atom is 0.256 e. The lowest BCUT2D eigenvalue weighted by atomic mass is 10.2. The van der Waals surface area contributed by atoms with Gasteiger partial charge >= 0.3 is 0 Å². The van der Waals surface area contributed by atoms with Crippen LogP contribution < -0.4 is 5.32 Å². The number of halogens is 4. The minimum atomic E-state index is -1.01. The second-order valence-corrected chi connectivity index (χ2v) is 3.71. The van der Waals surface area contributed by atoms with E-state index < -0.39 is 34.9 Å². The topological polar surface area (TPSA) is 29.1 Å². The van der Waals surface area contributed by atoms with Crippen molar-refractivity contribution in [1.82, 2.24) is 0 Å². The monoisotopic (exact) mass is 269 g/mol. The van der Waals surface area contributed by atoms with Gasteiger partial charge in [-0.1, -0.05) is 6.07 Å². The van der Waals surface area contributed by atoms with Crippen LogP contribution in [0.3, 0.4) is 0 Å². The molecule has 0 spiro atoms. The summed E-state index contributed by atoms with van der Waals surface area (Å²) in [6, 6.07) is 5.13. The lowest BCUT2D eigenvalue weighted by Gasteiger charge is -2.07. The second-order valence-electron chi connectivity index (χ2n) is 3.71. The summed E-state index contributed by atoms with van der Waals surface area (Å²) in [6.07, 6.45) is 0. The fourth-order valence-electron chi connectivity index (χ4n) is 1.49. The Hall–Kier alpha value is -2.37. The smallest absolute Gasteiger partial charge is 0.256 e. The molecule has 2 aromatic rings. The molecule has 0 aromatic heterocycles.